The molecule has 138 valence electrons. The number of rotatable bonds is 1. The summed E-state index contributed by atoms with van der Waals surface area (Å²) in [6.45, 7) is 5.10. The van der Waals surface area contributed by atoms with Crippen LogP contribution in [0.25, 0.3) is 11.1 Å². The molecule has 2 aromatic rings. The van der Waals surface area contributed by atoms with Crippen molar-refractivity contribution < 1.29 is 23.0 Å². The van der Waals surface area contributed by atoms with Crippen LogP contribution in [-0.4, -0.2) is 18.7 Å². The van der Waals surface area contributed by atoms with Gasteiger partial charge in [0.2, 0.25) is 5.69 Å². The molecule has 0 aliphatic heterocycles. The Balaban J connectivity index is 2.15. The largest absolute Gasteiger partial charge is 0.618 e. The van der Waals surface area contributed by atoms with E-state index in [0.29, 0.717) is 10.3 Å². The number of anilines is 1. The second-order valence-electron chi connectivity index (χ2n) is 7.11. The molecule has 1 aromatic heterocycles. The monoisotopic (exact) mass is 382 g/mol. The van der Waals surface area contributed by atoms with Crippen LogP contribution < -0.4 is 9.63 Å². The molecule has 0 N–H and O–H groups in total. The molecule has 8 heteroatoms. The van der Waals surface area contributed by atoms with E-state index < -0.39 is 23.3 Å². The van der Waals surface area contributed by atoms with Crippen molar-refractivity contribution in [3.63, 3.8) is 0 Å². The maximum Gasteiger partial charge on any atom is 0.414 e. The van der Waals surface area contributed by atoms with Gasteiger partial charge < -0.3 is 9.94 Å². The minimum atomic E-state index is -1.13. The summed E-state index contributed by atoms with van der Waals surface area (Å²) in [6.07, 6.45) is 0.484. The first-order valence-corrected chi connectivity index (χ1v) is 8.27. The molecule has 0 unspecified atom stereocenters. The zero-order valence-electron chi connectivity index (χ0n) is 14.7. The first kappa shape index (κ1) is 18.4. The summed E-state index contributed by atoms with van der Waals surface area (Å²) in [6, 6.07) is 2.34. The fraction of sp³-hybridized carbons (Fsp3) is 0.333. The zero-order chi connectivity index (χ0) is 19.4. The molecule has 0 bridgehead atoms. The van der Waals surface area contributed by atoms with Gasteiger partial charge in [0.1, 0.15) is 10.6 Å². The Morgan fingerprint density at radius 1 is 1.35 bits per heavy atom. The number of nitrogens with zero attached hydrogens (tertiary/aromatic N) is 2. The van der Waals surface area contributed by atoms with E-state index in [1.54, 1.807) is 20.8 Å². The Kier molecular flexibility index (Phi) is 4.30. The Bertz CT molecular complexity index is 926. The molecule has 0 atom stereocenters. The van der Waals surface area contributed by atoms with E-state index in [0.717, 1.165) is 17.2 Å². The predicted octanol–water partition coefficient (Wildman–Crippen LogP) is 4.19. The Morgan fingerprint density at radius 3 is 2.62 bits per heavy atom. The summed E-state index contributed by atoms with van der Waals surface area (Å²) in [5.74, 6) is -2.21. The summed E-state index contributed by atoms with van der Waals surface area (Å²) < 4.78 is 34.5. The van der Waals surface area contributed by atoms with Crippen molar-refractivity contribution in [2.75, 3.05) is 11.9 Å². The van der Waals surface area contributed by atoms with Gasteiger partial charge in [-0.2, -0.15) is 4.73 Å². The SMILES string of the molecule is CN(C(=O)OC(C)(C)C)c1cc(F)c(F)c2c1Cc1c-2cc(Cl)c[n+]1[O-]. The zero-order valence-corrected chi connectivity index (χ0v) is 15.4. The number of carbonyl (C=O) groups is 1. The molecule has 1 aromatic carbocycles. The van der Waals surface area contributed by atoms with Gasteiger partial charge in [-0.3, -0.25) is 4.90 Å². The lowest BCUT2D eigenvalue weighted by Crippen LogP contribution is -2.35. The van der Waals surface area contributed by atoms with E-state index in [1.807, 2.05) is 0 Å². The molecule has 1 heterocycles. The van der Waals surface area contributed by atoms with Crippen molar-refractivity contribution in [2.45, 2.75) is 32.8 Å². The second kappa shape index (κ2) is 6.09. The Morgan fingerprint density at radius 2 is 2.00 bits per heavy atom. The van der Waals surface area contributed by atoms with Gasteiger partial charge in [0.25, 0.3) is 0 Å². The third-order valence-corrected chi connectivity index (χ3v) is 4.25. The average Bonchev–Trinajstić information content (AvgIpc) is 2.88. The average molecular weight is 383 g/mol. The van der Waals surface area contributed by atoms with Crippen molar-refractivity contribution >= 4 is 23.4 Å². The number of hydrogen-bond acceptors (Lipinski definition) is 3. The standard InChI is InChI=1S/C18H17ClF2N2O3/c1-18(2,3)26-17(24)22(4)13-7-12(20)16(21)15-10-5-9(19)8-23(25)14(10)6-11(13)15/h5,7-8H,6H2,1-4H3. The highest BCUT2D eigenvalue weighted by Crippen LogP contribution is 2.43. The van der Waals surface area contributed by atoms with E-state index >= 15 is 0 Å². The minimum absolute atomic E-state index is 0.0466. The number of carbonyl (C=O) groups excluding carboxylic acids is 1. The number of halogens is 3. The van der Waals surface area contributed by atoms with Gasteiger partial charge in [0.15, 0.2) is 17.8 Å². The van der Waals surface area contributed by atoms with Crippen LogP contribution in [0.5, 0.6) is 0 Å². The van der Waals surface area contributed by atoms with E-state index in [-0.39, 0.29) is 34.0 Å². The topological polar surface area (TPSA) is 56.5 Å². The molecule has 1 aliphatic rings. The molecular formula is C18H17ClF2N2O3. The van der Waals surface area contributed by atoms with Crippen LogP contribution in [0.1, 0.15) is 32.0 Å². The number of ether oxygens (including phenoxy) is 1. The lowest BCUT2D eigenvalue weighted by molar-refractivity contribution is -0.612. The number of amides is 1. The summed E-state index contributed by atoms with van der Waals surface area (Å²) >= 11 is 5.89. The van der Waals surface area contributed by atoms with Crippen molar-refractivity contribution in [2.24, 2.45) is 0 Å². The van der Waals surface area contributed by atoms with Crippen molar-refractivity contribution in [3.8, 4) is 11.1 Å². The van der Waals surface area contributed by atoms with Crippen LogP contribution in [0.15, 0.2) is 18.3 Å². The molecular weight excluding hydrogens is 366 g/mol. The first-order chi connectivity index (χ1) is 12.0. The number of pyridine rings is 1. The van der Waals surface area contributed by atoms with E-state index in [4.69, 9.17) is 16.3 Å². The fourth-order valence-corrected chi connectivity index (χ4v) is 3.16. The molecule has 26 heavy (non-hydrogen) atoms. The number of hydrogen-bond donors (Lipinski definition) is 0. The van der Waals surface area contributed by atoms with Gasteiger partial charge in [-0.05, 0) is 32.4 Å². The van der Waals surface area contributed by atoms with Crippen molar-refractivity contribution in [3.05, 3.63) is 51.5 Å². The maximum atomic E-state index is 14.5. The third kappa shape index (κ3) is 3.07. The Hall–Kier alpha value is -2.41. The second-order valence-corrected chi connectivity index (χ2v) is 7.54. The molecule has 0 saturated carbocycles. The van der Waals surface area contributed by atoms with Gasteiger partial charge in [-0.15, -0.1) is 0 Å². The van der Waals surface area contributed by atoms with E-state index in [9.17, 15) is 18.8 Å². The number of benzene rings is 1. The van der Waals surface area contributed by atoms with Crippen LogP contribution in [0.2, 0.25) is 5.02 Å². The number of aromatic nitrogens is 1. The molecule has 1 amide bonds. The predicted molar refractivity (Wildman–Crippen MR) is 93.2 cm³/mol. The van der Waals surface area contributed by atoms with Gasteiger partial charge >= 0.3 is 6.09 Å². The smallest absolute Gasteiger partial charge is 0.414 e. The van der Waals surface area contributed by atoms with Crippen molar-refractivity contribution in [1.29, 1.82) is 0 Å². The molecule has 0 spiro atoms. The molecule has 1 aliphatic carbocycles. The molecule has 0 fully saturated rings. The van der Waals surface area contributed by atoms with Gasteiger partial charge in [0.05, 0.1) is 17.7 Å². The summed E-state index contributed by atoms with van der Waals surface area (Å²) in [7, 11) is 1.41. The van der Waals surface area contributed by atoms with Crippen LogP contribution in [0.4, 0.5) is 19.3 Å². The van der Waals surface area contributed by atoms with Crippen LogP contribution in [0.3, 0.4) is 0 Å². The summed E-state index contributed by atoms with van der Waals surface area (Å²) in [5, 5.41) is 12.2. The lowest BCUT2D eigenvalue weighted by atomic mass is 10.0. The fourth-order valence-electron chi connectivity index (χ4n) is 2.96. The summed E-state index contributed by atoms with van der Waals surface area (Å²) in [5.41, 5.74) is 0.130. The van der Waals surface area contributed by atoms with E-state index in [2.05, 4.69) is 0 Å². The highest BCUT2D eigenvalue weighted by atomic mass is 35.5. The van der Waals surface area contributed by atoms with Gasteiger partial charge in [-0.1, -0.05) is 11.6 Å². The van der Waals surface area contributed by atoms with Gasteiger partial charge in [0, 0.05) is 18.7 Å². The van der Waals surface area contributed by atoms with Crippen molar-refractivity contribution in [1.82, 2.24) is 0 Å². The minimum Gasteiger partial charge on any atom is -0.618 e. The maximum absolute atomic E-state index is 14.5. The highest BCUT2D eigenvalue weighted by Gasteiger charge is 2.35. The van der Waals surface area contributed by atoms with Crippen LogP contribution in [-0.2, 0) is 11.2 Å². The molecule has 3 rings (SSSR count). The quantitative estimate of drug-likeness (QED) is 0.468. The van der Waals surface area contributed by atoms with E-state index in [1.165, 1.54) is 13.1 Å². The first-order valence-electron chi connectivity index (χ1n) is 7.89. The molecule has 0 saturated heterocycles. The van der Waals surface area contributed by atoms with Gasteiger partial charge in [-0.25, -0.2) is 13.6 Å². The van der Waals surface area contributed by atoms with Crippen LogP contribution >= 0.6 is 11.6 Å². The van der Waals surface area contributed by atoms with Crippen LogP contribution in [0, 0.1) is 16.8 Å². The highest BCUT2D eigenvalue weighted by molar-refractivity contribution is 6.30. The normalized spacial score (nSPS) is 12.6. The molecule has 0 radical (unpaired) electrons. The lowest BCUT2D eigenvalue weighted by Gasteiger charge is -2.26. The number of fused-ring (bicyclic) bond motifs is 3. The molecule has 5 nitrogen and oxygen atoms in total. The summed E-state index contributed by atoms with van der Waals surface area (Å²) in [4.78, 5) is 13.5. The third-order valence-electron chi connectivity index (χ3n) is 4.05. The Labute approximate surface area is 154 Å².